The first-order valence-corrected chi connectivity index (χ1v) is 12.8. The lowest BCUT2D eigenvalue weighted by atomic mass is 10.1. The topological polar surface area (TPSA) is 118 Å². The van der Waals surface area contributed by atoms with Gasteiger partial charge in [-0.2, -0.15) is 5.26 Å². The lowest BCUT2D eigenvalue weighted by molar-refractivity contribution is -0.118. The van der Waals surface area contributed by atoms with Gasteiger partial charge < -0.3 is 20.1 Å². The third-order valence-electron chi connectivity index (χ3n) is 5.26. The highest BCUT2D eigenvalue weighted by Gasteiger charge is 2.15. The van der Waals surface area contributed by atoms with Crippen LogP contribution in [0, 0.1) is 25.2 Å². The molecule has 8 nitrogen and oxygen atoms in total. The number of anilines is 2. The zero-order chi connectivity index (χ0) is 27.8. The highest BCUT2D eigenvalue weighted by Crippen LogP contribution is 2.35. The van der Waals surface area contributed by atoms with Crippen LogP contribution >= 0.6 is 31.9 Å². The SMILES string of the molecule is COC(=O)c1ccc(NC(=O)/C(C#N)=C\c2cc(Br)c(OCC(=O)Nc3ccc(C)cc3C)c(Br)c2)cc1. The molecule has 38 heavy (non-hydrogen) atoms. The summed E-state index contributed by atoms with van der Waals surface area (Å²) in [4.78, 5) is 36.6. The fraction of sp³-hybridized carbons (Fsp3) is 0.143. The molecule has 0 aromatic heterocycles. The Morgan fingerprint density at radius 2 is 1.63 bits per heavy atom. The number of hydrogen-bond donors (Lipinski definition) is 2. The van der Waals surface area contributed by atoms with Gasteiger partial charge in [0, 0.05) is 11.4 Å². The number of ether oxygens (including phenoxy) is 2. The van der Waals surface area contributed by atoms with Crippen LogP contribution in [-0.4, -0.2) is 31.5 Å². The minimum atomic E-state index is -0.617. The molecule has 0 fully saturated rings. The third kappa shape index (κ3) is 7.54. The average Bonchev–Trinajstić information content (AvgIpc) is 2.88. The Morgan fingerprint density at radius 3 is 2.21 bits per heavy atom. The van der Waals surface area contributed by atoms with E-state index in [2.05, 4.69) is 47.2 Å². The molecule has 194 valence electrons. The van der Waals surface area contributed by atoms with Gasteiger partial charge in [0.05, 0.1) is 21.6 Å². The summed E-state index contributed by atoms with van der Waals surface area (Å²) < 4.78 is 11.4. The van der Waals surface area contributed by atoms with Crippen LogP contribution in [0.2, 0.25) is 0 Å². The van der Waals surface area contributed by atoms with Crippen molar-refractivity contribution in [1.29, 1.82) is 5.26 Å². The number of carbonyl (C=O) groups excluding carboxylic acids is 3. The van der Waals surface area contributed by atoms with Crippen LogP contribution in [0.1, 0.15) is 27.0 Å². The average molecular weight is 641 g/mol. The second kappa shape index (κ2) is 13.0. The molecule has 0 saturated heterocycles. The molecular weight excluding hydrogens is 618 g/mol. The minimum Gasteiger partial charge on any atom is -0.481 e. The number of carbonyl (C=O) groups is 3. The number of benzene rings is 3. The van der Waals surface area contributed by atoms with Crippen molar-refractivity contribution in [3.63, 3.8) is 0 Å². The number of aryl methyl sites for hydroxylation is 2. The van der Waals surface area contributed by atoms with Crippen LogP contribution < -0.4 is 15.4 Å². The highest BCUT2D eigenvalue weighted by molar-refractivity contribution is 9.11. The molecule has 2 amide bonds. The molecule has 0 radical (unpaired) electrons. The summed E-state index contributed by atoms with van der Waals surface area (Å²) in [6.45, 7) is 3.67. The summed E-state index contributed by atoms with van der Waals surface area (Å²) in [5.41, 5.74) is 3.92. The quantitative estimate of drug-likeness (QED) is 0.173. The summed E-state index contributed by atoms with van der Waals surface area (Å²) in [6.07, 6.45) is 1.42. The fourth-order valence-electron chi connectivity index (χ4n) is 3.40. The number of nitrogens with zero attached hydrogens (tertiary/aromatic N) is 1. The Balaban J connectivity index is 1.68. The van der Waals surface area contributed by atoms with Crippen molar-refractivity contribution in [2.24, 2.45) is 0 Å². The predicted octanol–water partition coefficient (Wildman–Crippen LogP) is 6.18. The van der Waals surface area contributed by atoms with Crippen LogP contribution in [0.3, 0.4) is 0 Å². The lowest BCUT2D eigenvalue weighted by Gasteiger charge is -2.13. The molecule has 3 rings (SSSR count). The van der Waals surface area contributed by atoms with Crippen molar-refractivity contribution in [3.8, 4) is 11.8 Å². The van der Waals surface area contributed by atoms with Crippen molar-refractivity contribution in [1.82, 2.24) is 0 Å². The van der Waals surface area contributed by atoms with E-state index in [1.165, 1.54) is 37.5 Å². The van der Waals surface area contributed by atoms with Crippen LogP contribution in [0.4, 0.5) is 11.4 Å². The molecule has 0 aliphatic rings. The molecule has 0 atom stereocenters. The molecule has 10 heteroatoms. The van der Waals surface area contributed by atoms with E-state index in [-0.39, 0.29) is 18.1 Å². The summed E-state index contributed by atoms with van der Waals surface area (Å²) in [5.74, 6) is -1.03. The summed E-state index contributed by atoms with van der Waals surface area (Å²) in [5, 5.41) is 15.0. The smallest absolute Gasteiger partial charge is 0.337 e. The van der Waals surface area contributed by atoms with Crippen molar-refractivity contribution in [2.75, 3.05) is 24.4 Å². The van der Waals surface area contributed by atoms with Gasteiger partial charge in [-0.25, -0.2) is 4.79 Å². The Morgan fingerprint density at radius 1 is 0.974 bits per heavy atom. The number of esters is 1. The number of nitrogens with one attached hydrogen (secondary N) is 2. The summed E-state index contributed by atoms with van der Waals surface area (Å²) in [6, 6.07) is 17.0. The number of halogens is 2. The van der Waals surface area contributed by atoms with Gasteiger partial charge in [-0.05, 0) is 105 Å². The lowest BCUT2D eigenvalue weighted by Crippen LogP contribution is -2.21. The molecule has 0 heterocycles. The maximum absolute atomic E-state index is 12.6. The van der Waals surface area contributed by atoms with Gasteiger partial charge in [-0.1, -0.05) is 17.7 Å². The Bertz CT molecular complexity index is 1440. The van der Waals surface area contributed by atoms with E-state index in [0.29, 0.717) is 37.2 Å². The molecule has 0 bridgehead atoms. The molecule has 2 N–H and O–H groups in total. The first-order valence-electron chi connectivity index (χ1n) is 11.2. The van der Waals surface area contributed by atoms with E-state index in [4.69, 9.17) is 4.74 Å². The zero-order valence-corrected chi connectivity index (χ0v) is 23.9. The standard InChI is InChI=1S/C28H23Br2N3O5/c1-16-4-9-24(17(2)10-16)33-25(34)15-38-26-22(29)12-18(13-23(26)30)11-20(14-31)27(35)32-21-7-5-19(6-8-21)28(36)37-3/h4-13H,15H2,1-3H3,(H,32,35)(H,33,34)/b20-11-. The van der Waals surface area contributed by atoms with E-state index in [1.54, 1.807) is 12.1 Å². The van der Waals surface area contributed by atoms with Crippen LogP contribution in [0.25, 0.3) is 6.08 Å². The molecule has 0 saturated carbocycles. The van der Waals surface area contributed by atoms with Crippen molar-refractivity contribution in [3.05, 3.63) is 91.4 Å². The van der Waals surface area contributed by atoms with Crippen LogP contribution in [-0.2, 0) is 14.3 Å². The summed E-state index contributed by atoms with van der Waals surface area (Å²) in [7, 11) is 1.28. The predicted molar refractivity (Wildman–Crippen MR) is 152 cm³/mol. The monoisotopic (exact) mass is 639 g/mol. The fourth-order valence-corrected chi connectivity index (χ4v) is 4.85. The van der Waals surface area contributed by atoms with E-state index in [1.807, 2.05) is 38.1 Å². The van der Waals surface area contributed by atoms with Gasteiger partial charge in [-0.15, -0.1) is 0 Å². The van der Waals surface area contributed by atoms with Gasteiger partial charge >= 0.3 is 5.97 Å². The first kappa shape index (κ1) is 28.6. The van der Waals surface area contributed by atoms with Gasteiger partial charge in [-0.3, -0.25) is 9.59 Å². The Labute approximate surface area is 236 Å². The van der Waals surface area contributed by atoms with Crippen LogP contribution in [0.15, 0.2) is 69.1 Å². The largest absolute Gasteiger partial charge is 0.481 e. The van der Waals surface area contributed by atoms with E-state index in [9.17, 15) is 19.6 Å². The van der Waals surface area contributed by atoms with Gasteiger partial charge in [0.2, 0.25) is 0 Å². The molecule has 0 unspecified atom stereocenters. The Kier molecular flexibility index (Phi) is 9.82. The number of methoxy groups -OCH3 is 1. The third-order valence-corrected chi connectivity index (χ3v) is 6.44. The van der Waals surface area contributed by atoms with E-state index >= 15 is 0 Å². The summed E-state index contributed by atoms with van der Waals surface area (Å²) >= 11 is 6.85. The minimum absolute atomic E-state index is 0.137. The van der Waals surface area contributed by atoms with Crippen molar-refractivity contribution < 1.29 is 23.9 Å². The highest BCUT2D eigenvalue weighted by atomic mass is 79.9. The van der Waals surface area contributed by atoms with E-state index in [0.717, 1.165) is 11.1 Å². The molecule has 3 aromatic rings. The maximum atomic E-state index is 12.6. The second-order valence-electron chi connectivity index (χ2n) is 8.16. The number of rotatable bonds is 8. The van der Waals surface area contributed by atoms with Crippen molar-refractivity contribution >= 4 is 67.1 Å². The maximum Gasteiger partial charge on any atom is 0.337 e. The number of hydrogen-bond acceptors (Lipinski definition) is 6. The zero-order valence-electron chi connectivity index (χ0n) is 20.7. The molecule has 0 aliphatic heterocycles. The molecule has 3 aromatic carbocycles. The molecule has 0 aliphatic carbocycles. The number of amides is 2. The molecular formula is C28H23Br2N3O5. The normalized spacial score (nSPS) is 10.8. The van der Waals surface area contributed by atoms with Crippen LogP contribution in [0.5, 0.6) is 5.75 Å². The van der Waals surface area contributed by atoms with Gasteiger partial charge in [0.15, 0.2) is 6.61 Å². The van der Waals surface area contributed by atoms with Crippen molar-refractivity contribution in [2.45, 2.75) is 13.8 Å². The first-order chi connectivity index (χ1) is 18.1. The number of nitriles is 1. The van der Waals surface area contributed by atoms with Gasteiger partial charge in [0.1, 0.15) is 17.4 Å². The Hall–Kier alpha value is -3.94. The second-order valence-corrected chi connectivity index (χ2v) is 9.87. The van der Waals surface area contributed by atoms with Gasteiger partial charge in [0.25, 0.3) is 11.8 Å². The molecule has 0 spiro atoms. The van der Waals surface area contributed by atoms with E-state index < -0.39 is 11.9 Å².